The third-order valence-corrected chi connectivity index (χ3v) is 7.69. The summed E-state index contributed by atoms with van der Waals surface area (Å²) in [5.41, 5.74) is 2.89. The molecule has 2 heterocycles. The highest BCUT2D eigenvalue weighted by atomic mass is 35.5. The number of anilines is 2. The van der Waals surface area contributed by atoms with E-state index < -0.39 is 24.8 Å². The Morgan fingerprint density at radius 2 is 1.71 bits per heavy atom. The number of alkyl halides is 1. The van der Waals surface area contributed by atoms with Crippen molar-refractivity contribution in [3.8, 4) is 0 Å². The molecule has 0 aliphatic carbocycles. The Kier molecular flexibility index (Phi) is 7.91. The highest BCUT2D eigenvalue weighted by Crippen LogP contribution is 2.43. The Labute approximate surface area is 226 Å². The molecule has 2 aliphatic heterocycles. The Bertz CT molecular complexity index is 1270. The van der Waals surface area contributed by atoms with Crippen molar-refractivity contribution in [3.63, 3.8) is 0 Å². The van der Waals surface area contributed by atoms with Crippen molar-refractivity contribution < 1.29 is 23.2 Å². The van der Waals surface area contributed by atoms with Gasteiger partial charge in [-0.1, -0.05) is 29.8 Å². The van der Waals surface area contributed by atoms with E-state index in [1.165, 1.54) is 12.1 Å². The van der Waals surface area contributed by atoms with Crippen molar-refractivity contribution in [1.82, 2.24) is 4.90 Å². The number of fused-ring (bicyclic) bond motifs is 1. The first-order valence-corrected chi connectivity index (χ1v) is 13.2. The zero-order chi connectivity index (χ0) is 27.0. The van der Waals surface area contributed by atoms with Gasteiger partial charge in [-0.15, -0.1) is 0 Å². The molecule has 3 N–H and O–H groups in total. The van der Waals surface area contributed by atoms with Gasteiger partial charge in [-0.05, 0) is 72.8 Å². The van der Waals surface area contributed by atoms with E-state index in [0.29, 0.717) is 54.2 Å². The number of nitrogens with one attached hydrogen (secondary N) is 1. The predicted octanol–water partition coefficient (Wildman–Crippen LogP) is 4.29. The molecule has 0 aromatic heterocycles. The van der Waals surface area contributed by atoms with Crippen LogP contribution in [0, 0.1) is 11.6 Å². The molecule has 2 unspecified atom stereocenters. The largest absolute Gasteiger partial charge is 0.488 e. The lowest BCUT2D eigenvalue weighted by Gasteiger charge is -2.44. The van der Waals surface area contributed by atoms with E-state index in [0.717, 1.165) is 11.3 Å². The van der Waals surface area contributed by atoms with Gasteiger partial charge in [-0.2, -0.15) is 0 Å². The van der Waals surface area contributed by atoms with Crippen LogP contribution < -0.4 is 15.7 Å². The minimum absolute atomic E-state index is 0.0450. The summed E-state index contributed by atoms with van der Waals surface area (Å²) in [5.74, 6) is -1.34. The number of hydrogen-bond acceptors (Lipinski definition) is 5. The van der Waals surface area contributed by atoms with Gasteiger partial charge in [0, 0.05) is 42.1 Å². The molecule has 1 saturated heterocycles. The van der Waals surface area contributed by atoms with E-state index in [2.05, 4.69) is 10.2 Å². The lowest BCUT2D eigenvalue weighted by molar-refractivity contribution is 0.155. The van der Waals surface area contributed by atoms with Crippen molar-refractivity contribution in [2.24, 2.45) is 0 Å². The summed E-state index contributed by atoms with van der Waals surface area (Å²) in [6, 6.07) is 13.9. The second-order valence-electron chi connectivity index (χ2n) is 10.2. The van der Waals surface area contributed by atoms with Gasteiger partial charge in [0.2, 0.25) is 0 Å². The van der Waals surface area contributed by atoms with Crippen LogP contribution in [0.15, 0.2) is 54.6 Å². The summed E-state index contributed by atoms with van der Waals surface area (Å²) in [5, 5.41) is 23.1. The Balaban J connectivity index is 1.51. The highest BCUT2D eigenvalue weighted by molar-refractivity contribution is 6.58. The van der Waals surface area contributed by atoms with Crippen LogP contribution in [0.1, 0.15) is 36.1 Å². The maximum Gasteiger partial charge on any atom is 0.488 e. The van der Waals surface area contributed by atoms with Crippen LogP contribution in [0.25, 0.3) is 0 Å². The molecule has 0 radical (unpaired) electrons. The fourth-order valence-corrected chi connectivity index (χ4v) is 5.78. The molecule has 3 aromatic rings. The van der Waals surface area contributed by atoms with E-state index in [1.54, 1.807) is 30.3 Å². The van der Waals surface area contributed by atoms with Gasteiger partial charge in [-0.25, -0.2) is 8.78 Å². The number of likely N-dealkylation sites (tertiary alicyclic amines) is 1. The van der Waals surface area contributed by atoms with Gasteiger partial charge in [0.1, 0.15) is 11.6 Å². The lowest BCUT2D eigenvalue weighted by Crippen LogP contribution is -2.54. The first-order chi connectivity index (χ1) is 18.2. The average Bonchev–Trinajstić information content (AvgIpc) is 2.85. The maximum atomic E-state index is 15.8. The van der Waals surface area contributed by atoms with Crippen LogP contribution in [0.2, 0.25) is 5.02 Å². The number of benzene rings is 3. The smallest absolute Gasteiger partial charge is 0.423 e. The van der Waals surface area contributed by atoms with Crippen LogP contribution in [0.3, 0.4) is 0 Å². The van der Waals surface area contributed by atoms with Crippen LogP contribution in [-0.2, 0) is 6.42 Å². The van der Waals surface area contributed by atoms with Gasteiger partial charge in [0.25, 0.3) is 0 Å². The average molecular weight is 544 g/mol. The molecule has 5 nitrogen and oxygen atoms in total. The van der Waals surface area contributed by atoms with Crippen molar-refractivity contribution in [2.75, 3.05) is 36.5 Å². The van der Waals surface area contributed by atoms with Crippen LogP contribution in [-0.4, -0.2) is 60.5 Å². The first kappa shape index (κ1) is 26.9. The molecule has 0 amide bonds. The van der Waals surface area contributed by atoms with E-state index in [-0.39, 0.29) is 24.3 Å². The zero-order valence-electron chi connectivity index (χ0n) is 21.0. The molecule has 10 heteroatoms. The summed E-state index contributed by atoms with van der Waals surface area (Å²) >= 11 is 6.12. The van der Waals surface area contributed by atoms with Crippen molar-refractivity contribution in [3.05, 3.63) is 87.9 Å². The minimum atomic E-state index is -1.64. The molecule has 1 fully saturated rings. The Morgan fingerprint density at radius 3 is 2.34 bits per heavy atom. The molecule has 0 spiro atoms. The van der Waals surface area contributed by atoms with Crippen LogP contribution in [0.5, 0.6) is 0 Å². The van der Waals surface area contributed by atoms with Gasteiger partial charge < -0.3 is 20.3 Å². The normalized spacial score (nSPS) is 19.7. The third kappa shape index (κ3) is 5.38. The molecule has 0 saturated carbocycles. The summed E-state index contributed by atoms with van der Waals surface area (Å²) in [6.07, 6.45) is 1.04. The van der Waals surface area contributed by atoms with E-state index in [1.807, 2.05) is 24.0 Å². The van der Waals surface area contributed by atoms with E-state index in [9.17, 15) is 14.4 Å². The van der Waals surface area contributed by atoms with Gasteiger partial charge in [0.15, 0.2) is 0 Å². The molecule has 3 aromatic carbocycles. The maximum absolute atomic E-state index is 15.8. The van der Waals surface area contributed by atoms with Gasteiger partial charge in [-0.3, -0.25) is 9.29 Å². The lowest BCUT2D eigenvalue weighted by atomic mass is 9.75. The molecule has 2 atom stereocenters. The molecule has 200 valence electrons. The summed E-state index contributed by atoms with van der Waals surface area (Å²) in [7, 11) is -1.64. The molecular weight excluding hydrogens is 514 g/mol. The van der Waals surface area contributed by atoms with Crippen molar-refractivity contribution >= 4 is 35.6 Å². The summed E-state index contributed by atoms with van der Waals surface area (Å²) in [4.78, 5) is 4.08. The monoisotopic (exact) mass is 543 g/mol. The summed E-state index contributed by atoms with van der Waals surface area (Å²) in [6.45, 7) is 3.68. The van der Waals surface area contributed by atoms with Crippen LogP contribution in [0.4, 0.5) is 24.5 Å². The molecule has 0 bridgehead atoms. The molecule has 2 aliphatic rings. The summed E-state index contributed by atoms with van der Waals surface area (Å²) < 4.78 is 44.1. The zero-order valence-corrected chi connectivity index (χ0v) is 21.8. The van der Waals surface area contributed by atoms with Crippen LogP contribution >= 0.6 is 11.6 Å². The quantitative estimate of drug-likeness (QED) is 0.370. The standard InChI is InChI=1S/C28H30BClF3N3O2/c1-17-11-18-12-19(29(37)38)3-8-24(18)28(36(17)23-6-4-20(30)5-7-23)27-25(32)13-21(14-26(27)33)34-22-15-35(16-22)10-2-9-31/h3-8,12-14,17,22,28,34,37-38H,2,9-11,15-16H2,1H3. The highest BCUT2D eigenvalue weighted by Gasteiger charge is 2.37. The van der Waals surface area contributed by atoms with Crippen molar-refractivity contribution in [1.29, 1.82) is 0 Å². The second kappa shape index (κ2) is 11.2. The first-order valence-electron chi connectivity index (χ1n) is 12.8. The fraction of sp³-hybridized carbons (Fsp3) is 0.357. The van der Waals surface area contributed by atoms with E-state index in [4.69, 9.17) is 11.6 Å². The van der Waals surface area contributed by atoms with E-state index >= 15 is 8.78 Å². The predicted molar refractivity (Wildman–Crippen MR) is 146 cm³/mol. The van der Waals surface area contributed by atoms with Gasteiger partial charge >= 0.3 is 7.12 Å². The molecule has 38 heavy (non-hydrogen) atoms. The Hall–Kier alpha value is -2.72. The second-order valence-corrected chi connectivity index (χ2v) is 10.6. The molecule has 5 rings (SSSR count). The fourth-order valence-electron chi connectivity index (χ4n) is 5.65. The number of nitrogens with zero attached hydrogens (tertiary/aromatic N) is 2. The number of halogens is 4. The topological polar surface area (TPSA) is 59.0 Å². The van der Waals surface area contributed by atoms with Gasteiger partial charge in [0.05, 0.1) is 24.3 Å². The van der Waals surface area contributed by atoms with Crippen molar-refractivity contribution in [2.45, 2.75) is 37.9 Å². The molecular formula is C28H30BClF3N3O2. The Morgan fingerprint density at radius 1 is 1.03 bits per heavy atom. The number of rotatable bonds is 8. The minimum Gasteiger partial charge on any atom is -0.423 e. The number of hydrogen-bond donors (Lipinski definition) is 3. The third-order valence-electron chi connectivity index (χ3n) is 7.44. The SMILES string of the molecule is CC1Cc2cc(B(O)O)ccc2C(c2c(F)cc(NC3CN(CCCF)C3)cc2F)N1c1ccc(Cl)cc1.